The Hall–Kier alpha value is -2.31. The Morgan fingerprint density at radius 3 is 2.56 bits per heavy atom. The zero-order valence-corrected chi connectivity index (χ0v) is 15.9. The predicted octanol–water partition coefficient (Wildman–Crippen LogP) is 5.32. The number of hydrogen-bond acceptors (Lipinski definition) is 4. The normalized spacial score (nSPS) is 18.8. The summed E-state index contributed by atoms with van der Waals surface area (Å²) in [7, 11) is 0. The van der Waals surface area contributed by atoms with Crippen molar-refractivity contribution in [2.75, 3.05) is 22.9 Å². The number of amides is 2. The summed E-state index contributed by atoms with van der Waals surface area (Å²) in [4.78, 5) is 28.3. The van der Waals surface area contributed by atoms with Gasteiger partial charge in [0.05, 0.1) is 16.3 Å². The van der Waals surface area contributed by atoms with Gasteiger partial charge in [0.15, 0.2) is 0 Å². The van der Waals surface area contributed by atoms with Crippen LogP contribution in [-0.2, 0) is 4.79 Å². The third-order valence-electron chi connectivity index (χ3n) is 4.58. The second kappa shape index (κ2) is 7.37. The van der Waals surface area contributed by atoms with Crippen LogP contribution in [0.25, 0.3) is 6.08 Å². The van der Waals surface area contributed by atoms with Crippen molar-refractivity contribution in [3.63, 3.8) is 0 Å². The largest absolute Gasteiger partial charge is 0.369 e. The molecule has 2 aliphatic rings. The third kappa shape index (κ3) is 3.59. The van der Waals surface area contributed by atoms with Crippen LogP contribution < -0.4 is 9.80 Å². The highest BCUT2D eigenvalue weighted by atomic mass is 35.5. The average molecular weight is 403 g/mol. The van der Waals surface area contributed by atoms with E-state index in [1.54, 1.807) is 42.5 Å². The maximum absolute atomic E-state index is 14.5. The molecule has 0 saturated carbocycles. The predicted molar refractivity (Wildman–Crippen MR) is 108 cm³/mol. The van der Waals surface area contributed by atoms with Gasteiger partial charge in [0, 0.05) is 18.1 Å². The van der Waals surface area contributed by atoms with Crippen molar-refractivity contribution in [1.82, 2.24) is 0 Å². The summed E-state index contributed by atoms with van der Waals surface area (Å²) < 4.78 is 14.5. The molecule has 4 nitrogen and oxygen atoms in total. The molecule has 7 heteroatoms. The van der Waals surface area contributed by atoms with Crippen LogP contribution in [-0.4, -0.2) is 24.2 Å². The van der Waals surface area contributed by atoms with E-state index in [0.29, 0.717) is 22.0 Å². The smallest absolute Gasteiger partial charge is 0.298 e. The van der Waals surface area contributed by atoms with Gasteiger partial charge >= 0.3 is 0 Å². The fourth-order valence-electron chi connectivity index (χ4n) is 3.28. The first-order valence-electron chi connectivity index (χ1n) is 8.61. The quantitative estimate of drug-likeness (QED) is 0.651. The number of benzene rings is 2. The standard InChI is InChI=1S/C20H16ClFN2O2S/c21-14-4-3-5-15(12-14)24-19(25)18(27-20(24)26)11-13-6-7-17(16(22)10-13)23-8-1-2-9-23/h3-7,10-12H,1-2,8-9H2/b18-11+. The minimum Gasteiger partial charge on any atom is -0.369 e. The summed E-state index contributed by atoms with van der Waals surface area (Å²) in [6.07, 6.45) is 3.68. The zero-order valence-electron chi connectivity index (χ0n) is 14.3. The van der Waals surface area contributed by atoms with Crippen molar-refractivity contribution >= 4 is 52.0 Å². The van der Waals surface area contributed by atoms with Gasteiger partial charge < -0.3 is 4.90 Å². The van der Waals surface area contributed by atoms with Gasteiger partial charge in [-0.2, -0.15) is 0 Å². The SMILES string of the molecule is O=C1S/C(=C/c2ccc(N3CCCC3)c(F)c2)C(=O)N1c1cccc(Cl)c1. The number of rotatable bonds is 3. The molecule has 0 bridgehead atoms. The van der Waals surface area contributed by atoms with E-state index < -0.39 is 11.1 Å². The second-order valence-corrected chi connectivity index (χ2v) is 7.83. The molecule has 27 heavy (non-hydrogen) atoms. The number of hydrogen-bond donors (Lipinski definition) is 0. The number of imide groups is 1. The van der Waals surface area contributed by atoms with Gasteiger partial charge in [0.25, 0.3) is 11.1 Å². The summed E-state index contributed by atoms with van der Waals surface area (Å²) >= 11 is 6.79. The van der Waals surface area contributed by atoms with Gasteiger partial charge in [-0.3, -0.25) is 9.59 Å². The molecule has 2 amide bonds. The van der Waals surface area contributed by atoms with Crippen molar-refractivity contribution in [2.24, 2.45) is 0 Å². The molecule has 0 atom stereocenters. The fourth-order valence-corrected chi connectivity index (χ4v) is 4.31. The number of anilines is 2. The molecule has 2 heterocycles. The molecule has 2 aromatic rings. The lowest BCUT2D eigenvalue weighted by Gasteiger charge is -2.18. The van der Waals surface area contributed by atoms with Crippen LogP contribution in [0.4, 0.5) is 20.6 Å². The molecule has 4 rings (SSSR count). The van der Waals surface area contributed by atoms with E-state index in [2.05, 4.69) is 0 Å². The Kier molecular flexibility index (Phi) is 4.93. The number of carbonyl (C=O) groups is 2. The number of halogens is 2. The summed E-state index contributed by atoms with van der Waals surface area (Å²) in [6.45, 7) is 1.71. The lowest BCUT2D eigenvalue weighted by atomic mass is 10.1. The van der Waals surface area contributed by atoms with Crippen LogP contribution in [0, 0.1) is 5.82 Å². The third-order valence-corrected chi connectivity index (χ3v) is 5.68. The van der Waals surface area contributed by atoms with Gasteiger partial charge in [0.1, 0.15) is 5.82 Å². The van der Waals surface area contributed by atoms with Gasteiger partial charge in [-0.15, -0.1) is 0 Å². The van der Waals surface area contributed by atoms with E-state index in [-0.39, 0.29) is 10.7 Å². The molecule has 2 aromatic carbocycles. The first-order chi connectivity index (χ1) is 13.0. The minimum absolute atomic E-state index is 0.258. The lowest BCUT2D eigenvalue weighted by Crippen LogP contribution is -2.27. The van der Waals surface area contributed by atoms with Crippen molar-refractivity contribution < 1.29 is 14.0 Å². The highest BCUT2D eigenvalue weighted by molar-refractivity contribution is 8.19. The molecule has 0 radical (unpaired) electrons. The molecular weight excluding hydrogens is 387 g/mol. The van der Waals surface area contributed by atoms with E-state index in [1.165, 1.54) is 6.07 Å². The average Bonchev–Trinajstić information content (AvgIpc) is 3.24. The summed E-state index contributed by atoms with van der Waals surface area (Å²) in [5, 5.41) is 0.0396. The Labute approximate surface area is 165 Å². The van der Waals surface area contributed by atoms with Crippen LogP contribution in [0.15, 0.2) is 47.4 Å². The molecule has 0 unspecified atom stereocenters. The minimum atomic E-state index is -0.434. The Morgan fingerprint density at radius 1 is 1.07 bits per heavy atom. The number of nitrogens with zero attached hydrogens (tertiary/aromatic N) is 2. The van der Waals surface area contributed by atoms with Crippen molar-refractivity contribution in [2.45, 2.75) is 12.8 Å². The first kappa shape index (κ1) is 18.1. The van der Waals surface area contributed by atoms with Gasteiger partial charge in [-0.05, 0) is 66.6 Å². The second-order valence-electron chi connectivity index (χ2n) is 6.40. The molecule has 2 aliphatic heterocycles. The topological polar surface area (TPSA) is 40.6 Å². The fraction of sp³-hybridized carbons (Fsp3) is 0.200. The Morgan fingerprint density at radius 2 is 1.85 bits per heavy atom. The van der Waals surface area contributed by atoms with Gasteiger partial charge in [-0.1, -0.05) is 23.7 Å². The van der Waals surface area contributed by atoms with E-state index in [1.807, 2.05) is 4.90 Å². The van der Waals surface area contributed by atoms with E-state index >= 15 is 0 Å². The summed E-state index contributed by atoms with van der Waals surface area (Å²) in [5.41, 5.74) is 1.55. The molecule has 2 saturated heterocycles. The maximum Gasteiger partial charge on any atom is 0.298 e. The van der Waals surface area contributed by atoms with Gasteiger partial charge in [-0.25, -0.2) is 9.29 Å². The highest BCUT2D eigenvalue weighted by Crippen LogP contribution is 2.36. The van der Waals surface area contributed by atoms with E-state index in [0.717, 1.165) is 42.6 Å². The molecule has 138 valence electrons. The Bertz CT molecular complexity index is 957. The molecular formula is C20H16ClFN2O2S. The van der Waals surface area contributed by atoms with Gasteiger partial charge in [0.2, 0.25) is 0 Å². The molecule has 0 aromatic heterocycles. The van der Waals surface area contributed by atoms with Crippen LogP contribution in [0.1, 0.15) is 18.4 Å². The monoisotopic (exact) mass is 402 g/mol. The van der Waals surface area contributed by atoms with Crippen LogP contribution in [0.2, 0.25) is 5.02 Å². The van der Waals surface area contributed by atoms with Crippen molar-refractivity contribution in [1.29, 1.82) is 0 Å². The van der Waals surface area contributed by atoms with Crippen LogP contribution >= 0.6 is 23.4 Å². The number of carbonyl (C=O) groups excluding carboxylic acids is 2. The summed E-state index contributed by atoms with van der Waals surface area (Å²) in [5.74, 6) is -0.754. The zero-order chi connectivity index (χ0) is 19.0. The number of thioether (sulfide) groups is 1. The van der Waals surface area contributed by atoms with E-state index in [4.69, 9.17) is 11.6 Å². The van der Waals surface area contributed by atoms with E-state index in [9.17, 15) is 14.0 Å². The molecule has 0 aliphatic carbocycles. The highest BCUT2D eigenvalue weighted by Gasteiger charge is 2.36. The lowest BCUT2D eigenvalue weighted by molar-refractivity contribution is -0.113. The molecule has 0 spiro atoms. The molecule has 0 N–H and O–H groups in total. The van der Waals surface area contributed by atoms with Crippen molar-refractivity contribution in [3.05, 3.63) is 63.8 Å². The molecule has 2 fully saturated rings. The maximum atomic E-state index is 14.5. The van der Waals surface area contributed by atoms with Crippen LogP contribution in [0.3, 0.4) is 0 Å². The van der Waals surface area contributed by atoms with Crippen molar-refractivity contribution in [3.8, 4) is 0 Å². The summed E-state index contributed by atoms with van der Waals surface area (Å²) in [6, 6.07) is 11.5. The van der Waals surface area contributed by atoms with Crippen LogP contribution in [0.5, 0.6) is 0 Å². The Balaban J connectivity index is 1.60. The first-order valence-corrected chi connectivity index (χ1v) is 9.80.